The van der Waals surface area contributed by atoms with Crippen LogP contribution in [0, 0.1) is 0 Å². The molecule has 2 aromatic carbocycles. The van der Waals surface area contributed by atoms with Gasteiger partial charge in [-0.05, 0) is 17.5 Å². The highest BCUT2D eigenvalue weighted by Gasteiger charge is 2.21. The molecule has 0 atom stereocenters. The molecule has 0 bridgehead atoms. The molecular weight excluding hydrogens is 299 g/mol. The van der Waals surface area contributed by atoms with E-state index in [-0.39, 0.29) is 0 Å². The van der Waals surface area contributed by atoms with E-state index in [1.165, 1.54) is 6.08 Å². The van der Waals surface area contributed by atoms with Crippen LogP contribution in [0.4, 0.5) is 13.2 Å². The standard InChI is InChI=1S/C19H20F3N/c20-19(21,22)13-7-8-14-23(15-17-9-3-1-4-10-17)16-18-11-5-2-6-12-18/h1-7,9-13H,8,14-16H2/b13-7-. The summed E-state index contributed by atoms with van der Waals surface area (Å²) in [7, 11) is 0. The number of allylic oxidation sites excluding steroid dienone is 1. The van der Waals surface area contributed by atoms with Gasteiger partial charge in [0.25, 0.3) is 0 Å². The van der Waals surface area contributed by atoms with Crippen LogP contribution in [0.5, 0.6) is 0 Å². The summed E-state index contributed by atoms with van der Waals surface area (Å²) in [6, 6.07) is 19.9. The van der Waals surface area contributed by atoms with Gasteiger partial charge >= 0.3 is 6.18 Å². The van der Waals surface area contributed by atoms with E-state index >= 15 is 0 Å². The summed E-state index contributed by atoms with van der Waals surface area (Å²) in [6.07, 6.45) is -2.35. The summed E-state index contributed by atoms with van der Waals surface area (Å²) in [6.45, 7) is 2.02. The zero-order valence-corrected chi connectivity index (χ0v) is 12.8. The van der Waals surface area contributed by atoms with Crippen molar-refractivity contribution in [2.75, 3.05) is 6.54 Å². The molecule has 4 heteroatoms. The van der Waals surface area contributed by atoms with E-state index in [0.29, 0.717) is 19.0 Å². The minimum Gasteiger partial charge on any atom is -0.295 e. The van der Waals surface area contributed by atoms with E-state index in [2.05, 4.69) is 4.90 Å². The monoisotopic (exact) mass is 319 g/mol. The zero-order chi connectivity index (χ0) is 16.5. The summed E-state index contributed by atoms with van der Waals surface area (Å²) in [5, 5.41) is 0. The van der Waals surface area contributed by atoms with Gasteiger partial charge in [0, 0.05) is 25.7 Å². The van der Waals surface area contributed by atoms with Gasteiger partial charge in [-0.1, -0.05) is 66.7 Å². The van der Waals surface area contributed by atoms with E-state index in [4.69, 9.17) is 0 Å². The first-order valence-corrected chi connectivity index (χ1v) is 7.57. The normalized spacial score (nSPS) is 12.2. The van der Waals surface area contributed by atoms with Gasteiger partial charge in [0.15, 0.2) is 0 Å². The lowest BCUT2D eigenvalue weighted by molar-refractivity contribution is -0.0800. The third-order valence-corrected chi connectivity index (χ3v) is 3.42. The number of nitrogens with zero attached hydrogens (tertiary/aromatic N) is 1. The lowest BCUT2D eigenvalue weighted by Crippen LogP contribution is -2.23. The molecule has 0 N–H and O–H groups in total. The SMILES string of the molecule is FC(F)(F)/C=C\CCN(Cc1ccccc1)Cc1ccccc1. The largest absolute Gasteiger partial charge is 0.409 e. The van der Waals surface area contributed by atoms with Gasteiger partial charge in [0.1, 0.15) is 0 Å². The molecule has 23 heavy (non-hydrogen) atoms. The van der Waals surface area contributed by atoms with Crippen LogP contribution in [0.2, 0.25) is 0 Å². The summed E-state index contributed by atoms with van der Waals surface area (Å²) >= 11 is 0. The zero-order valence-electron chi connectivity index (χ0n) is 12.8. The molecule has 0 fully saturated rings. The molecule has 0 amide bonds. The van der Waals surface area contributed by atoms with E-state index in [0.717, 1.165) is 24.2 Å². The number of hydrogen-bond acceptors (Lipinski definition) is 1. The van der Waals surface area contributed by atoms with Gasteiger partial charge in [0.05, 0.1) is 0 Å². The Hall–Kier alpha value is -2.07. The predicted octanol–water partition coefficient (Wildman–Crippen LogP) is 5.20. The molecule has 0 spiro atoms. The number of alkyl halides is 3. The average molecular weight is 319 g/mol. The molecule has 0 aliphatic heterocycles. The molecule has 2 rings (SSSR count). The van der Waals surface area contributed by atoms with Crippen molar-refractivity contribution in [2.24, 2.45) is 0 Å². The summed E-state index contributed by atoms with van der Waals surface area (Å²) in [5.41, 5.74) is 2.31. The average Bonchev–Trinajstić information content (AvgIpc) is 2.52. The van der Waals surface area contributed by atoms with Crippen LogP contribution in [-0.2, 0) is 13.1 Å². The fourth-order valence-corrected chi connectivity index (χ4v) is 2.37. The second-order valence-corrected chi connectivity index (χ2v) is 5.41. The summed E-state index contributed by atoms with van der Waals surface area (Å²) in [4.78, 5) is 2.16. The Morgan fingerprint density at radius 1 is 0.783 bits per heavy atom. The van der Waals surface area contributed by atoms with Gasteiger partial charge in [-0.15, -0.1) is 0 Å². The molecule has 0 heterocycles. The minimum atomic E-state index is -4.23. The molecule has 0 radical (unpaired) electrons. The van der Waals surface area contributed by atoms with E-state index in [9.17, 15) is 13.2 Å². The Kier molecular flexibility index (Phi) is 6.41. The fraction of sp³-hybridized carbons (Fsp3) is 0.263. The summed E-state index contributed by atoms with van der Waals surface area (Å²) < 4.78 is 36.5. The van der Waals surface area contributed by atoms with E-state index in [1.54, 1.807) is 0 Å². The number of benzene rings is 2. The van der Waals surface area contributed by atoms with Gasteiger partial charge < -0.3 is 0 Å². The van der Waals surface area contributed by atoms with Gasteiger partial charge in [-0.2, -0.15) is 13.2 Å². The highest BCUT2D eigenvalue weighted by Crippen LogP contribution is 2.17. The van der Waals surface area contributed by atoms with Crippen molar-refractivity contribution in [3.63, 3.8) is 0 Å². The Balaban J connectivity index is 1.97. The predicted molar refractivity (Wildman–Crippen MR) is 86.8 cm³/mol. The molecule has 0 saturated carbocycles. The second-order valence-electron chi connectivity index (χ2n) is 5.41. The van der Waals surface area contributed by atoms with Crippen molar-refractivity contribution in [1.29, 1.82) is 0 Å². The smallest absolute Gasteiger partial charge is 0.295 e. The van der Waals surface area contributed by atoms with Crippen molar-refractivity contribution < 1.29 is 13.2 Å². The van der Waals surface area contributed by atoms with Crippen LogP contribution in [0.15, 0.2) is 72.8 Å². The topological polar surface area (TPSA) is 3.24 Å². The summed E-state index contributed by atoms with van der Waals surface area (Å²) in [5.74, 6) is 0. The second kappa shape index (κ2) is 8.53. The first-order chi connectivity index (χ1) is 11.0. The molecule has 0 aromatic heterocycles. The Morgan fingerprint density at radius 3 is 1.70 bits per heavy atom. The van der Waals surface area contributed by atoms with Crippen LogP contribution in [0.25, 0.3) is 0 Å². The maximum atomic E-state index is 12.2. The Bertz CT molecular complexity index is 550. The first-order valence-electron chi connectivity index (χ1n) is 7.57. The molecule has 1 nitrogen and oxygen atoms in total. The van der Waals surface area contributed by atoms with Crippen LogP contribution in [0.1, 0.15) is 17.5 Å². The molecule has 2 aromatic rings. The molecular formula is C19H20F3N. The molecule has 0 saturated heterocycles. The maximum Gasteiger partial charge on any atom is 0.409 e. The van der Waals surface area contributed by atoms with Crippen molar-refractivity contribution in [3.8, 4) is 0 Å². The number of hydrogen-bond donors (Lipinski definition) is 0. The quantitative estimate of drug-likeness (QED) is 0.634. The van der Waals surface area contributed by atoms with Crippen LogP contribution in [0.3, 0.4) is 0 Å². The molecule has 122 valence electrons. The lowest BCUT2D eigenvalue weighted by atomic mass is 10.1. The van der Waals surface area contributed by atoms with Gasteiger partial charge in [0.2, 0.25) is 0 Å². The van der Waals surface area contributed by atoms with Gasteiger partial charge in [-0.3, -0.25) is 4.90 Å². The Labute approximate surface area is 135 Å². The number of rotatable bonds is 7. The van der Waals surface area contributed by atoms with Crippen LogP contribution >= 0.6 is 0 Å². The highest BCUT2D eigenvalue weighted by atomic mass is 19.4. The van der Waals surface area contributed by atoms with E-state index in [1.807, 2.05) is 60.7 Å². The van der Waals surface area contributed by atoms with Crippen molar-refractivity contribution in [2.45, 2.75) is 25.7 Å². The fourth-order valence-electron chi connectivity index (χ4n) is 2.37. The number of halogens is 3. The molecule has 0 aliphatic carbocycles. The third-order valence-electron chi connectivity index (χ3n) is 3.42. The van der Waals surface area contributed by atoms with Crippen molar-refractivity contribution in [3.05, 3.63) is 83.9 Å². The third kappa shape index (κ3) is 7.15. The van der Waals surface area contributed by atoms with Crippen molar-refractivity contribution in [1.82, 2.24) is 4.90 Å². The molecule has 0 unspecified atom stereocenters. The maximum absolute atomic E-state index is 12.2. The molecule has 0 aliphatic rings. The lowest BCUT2D eigenvalue weighted by Gasteiger charge is -2.22. The Morgan fingerprint density at radius 2 is 1.26 bits per heavy atom. The highest BCUT2D eigenvalue weighted by molar-refractivity contribution is 5.17. The van der Waals surface area contributed by atoms with Gasteiger partial charge in [-0.25, -0.2) is 0 Å². The van der Waals surface area contributed by atoms with Crippen LogP contribution < -0.4 is 0 Å². The van der Waals surface area contributed by atoms with Crippen molar-refractivity contribution >= 4 is 0 Å². The van der Waals surface area contributed by atoms with Crippen LogP contribution in [-0.4, -0.2) is 17.6 Å². The van der Waals surface area contributed by atoms with E-state index < -0.39 is 6.18 Å². The minimum absolute atomic E-state index is 0.316. The first kappa shape index (κ1) is 17.3.